The van der Waals surface area contributed by atoms with Crippen molar-refractivity contribution in [3.05, 3.63) is 12.2 Å². The Balaban J connectivity index is 1.50. The monoisotopic (exact) mass is 209 g/mol. The van der Waals surface area contributed by atoms with Gasteiger partial charge in [-0.1, -0.05) is 12.2 Å². The first-order valence-corrected chi connectivity index (χ1v) is 6.28. The van der Waals surface area contributed by atoms with Gasteiger partial charge in [-0.15, -0.1) is 0 Å². The minimum Gasteiger partial charge on any atom is -0.385 e. The highest BCUT2D eigenvalue weighted by atomic mass is 16.5. The highest BCUT2D eigenvalue weighted by Gasteiger charge is 2.34. The van der Waals surface area contributed by atoms with E-state index in [1.165, 1.54) is 32.2 Å². The van der Waals surface area contributed by atoms with Gasteiger partial charge in [0.25, 0.3) is 0 Å². The molecule has 1 saturated carbocycles. The van der Waals surface area contributed by atoms with Gasteiger partial charge >= 0.3 is 0 Å². The standard InChI is InChI=1S/C13H23NO/c1-15-7-3-2-6-14-10-13-9-11-4-5-12(13)8-11/h4-5,11-14H,2-3,6-10H2,1H3. The summed E-state index contributed by atoms with van der Waals surface area (Å²) in [6.07, 6.45) is 10.1. The maximum absolute atomic E-state index is 5.03. The van der Waals surface area contributed by atoms with Crippen molar-refractivity contribution in [1.29, 1.82) is 0 Å². The van der Waals surface area contributed by atoms with E-state index >= 15 is 0 Å². The highest BCUT2D eigenvalue weighted by molar-refractivity contribution is 5.10. The van der Waals surface area contributed by atoms with E-state index < -0.39 is 0 Å². The van der Waals surface area contributed by atoms with E-state index in [1.807, 2.05) is 0 Å². The molecule has 1 N–H and O–H groups in total. The Kier molecular flexibility index (Phi) is 4.21. The molecule has 0 aromatic heterocycles. The van der Waals surface area contributed by atoms with E-state index in [4.69, 9.17) is 4.74 Å². The lowest BCUT2D eigenvalue weighted by Gasteiger charge is -2.18. The third-order valence-corrected chi connectivity index (χ3v) is 3.77. The molecule has 0 saturated heterocycles. The van der Waals surface area contributed by atoms with Gasteiger partial charge in [-0.3, -0.25) is 0 Å². The minimum atomic E-state index is 0.890. The molecule has 2 aliphatic rings. The van der Waals surface area contributed by atoms with E-state index in [1.54, 1.807) is 7.11 Å². The van der Waals surface area contributed by atoms with Crippen molar-refractivity contribution in [2.75, 3.05) is 26.8 Å². The molecule has 2 bridgehead atoms. The Bertz CT molecular complexity index is 215. The predicted octanol–water partition coefficient (Wildman–Crippen LogP) is 2.21. The quantitative estimate of drug-likeness (QED) is 0.513. The molecule has 86 valence electrons. The fourth-order valence-corrected chi connectivity index (χ4v) is 2.91. The van der Waals surface area contributed by atoms with Crippen LogP contribution >= 0.6 is 0 Å². The maximum atomic E-state index is 5.03. The summed E-state index contributed by atoms with van der Waals surface area (Å²) in [5.41, 5.74) is 0. The number of methoxy groups -OCH3 is 1. The summed E-state index contributed by atoms with van der Waals surface area (Å²) in [7, 11) is 1.77. The Morgan fingerprint density at radius 1 is 1.27 bits per heavy atom. The molecule has 3 unspecified atom stereocenters. The Morgan fingerprint density at radius 2 is 2.20 bits per heavy atom. The van der Waals surface area contributed by atoms with Crippen LogP contribution in [0.15, 0.2) is 12.2 Å². The SMILES string of the molecule is COCCCCNCC1CC2C=CC1C2. The first kappa shape index (κ1) is 11.2. The predicted molar refractivity (Wildman–Crippen MR) is 62.8 cm³/mol. The minimum absolute atomic E-state index is 0.890. The van der Waals surface area contributed by atoms with Crippen molar-refractivity contribution in [1.82, 2.24) is 5.32 Å². The molecular formula is C13H23NO. The first-order chi connectivity index (χ1) is 7.40. The van der Waals surface area contributed by atoms with E-state index in [0.29, 0.717) is 0 Å². The normalized spacial score (nSPS) is 32.7. The zero-order valence-corrected chi connectivity index (χ0v) is 9.74. The van der Waals surface area contributed by atoms with Crippen LogP contribution in [0, 0.1) is 17.8 Å². The molecular weight excluding hydrogens is 186 g/mol. The lowest BCUT2D eigenvalue weighted by molar-refractivity contribution is 0.192. The van der Waals surface area contributed by atoms with E-state index in [2.05, 4.69) is 17.5 Å². The molecule has 0 amide bonds. The summed E-state index contributed by atoms with van der Waals surface area (Å²) in [6, 6.07) is 0. The van der Waals surface area contributed by atoms with Gasteiger partial charge in [-0.2, -0.15) is 0 Å². The number of allylic oxidation sites excluding steroid dienone is 2. The van der Waals surface area contributed by atoms with Crippen LogP contribution in [-0.2, 0) is 4.74 Å². The van der Waals surface area contributed by atoms with Crippen LogP contribution in [-0.4, -0.2) is 26.8 Å². The first-order valence-electron chi connectivity index (χ1n) is 6.28. The summed E-state index contributed by atoms with van der Waals surface area (Å²) in [5, 5.41) is 3.58. The number of hydrogen-bond donors (Lipinski definition) is 1. The largest absolute Gasteiger partial charge is 0.385 e. The van der Waals surface area contributed by atoms with Gasteiger partial charge in [0.1, 0.15) is 0 Å². The second-order valence-electron chi connectivity index (χ2n) is 4.94. The van der Waals surface area contributed by atoms with Crippen molar-refractivity contribution in [3.8, 4) is 0 Å². The third-order valence-electron chi connectivity index (χ3n) is 3.77. The average molecular weight is 209 g/mol. The molecule has 3 atom stereocenters. The van der Waals surface area contributed by atoms with Crippen LogP contribution < -0.4 is 5.32 Å². The van der Waals surface area contributed by atoms with Crippen LogP contribution in [0.5, 0.6) is 0 Å². The molecule has 0 heterocycles. The van der Waals surface area contributed by atoms with Crippen molar-refractivity contribution < 1.29 is 4.74 Å². The fourth-order valence-electron chi connectivity index (χ4n) is 2.91. The third kappa shape index (κ3) is 3.05. The molecule has 15 heavy (non-hydrogen) atoms. The van der Waals surface area contributed by atoms with Gasteiger partial charge in [-0.05, 0) is 56.5 Å². The molecule has 0 spiro atoms. The number of fused-ring (bicyclic) bond motifs is 2. The van der Waals surface area contributed by atoms with Gasteiger partial charge in [0, 0.05) is 13.7 Å². The van der Waals surface area contributed by atoms with Gasteiger partial charge in [0.05, 0.1) is 0 Å². The van der Waals surface area contributed by atoms with E-state index in [0.717, 1.165) is 30.9 Å². The average Bonchev–Trinajstić information content (AvgIpc) is 2.85. The molecule has 1 fully saturated rings. The summed E-state index contributed by atoms with van der Waals surface area (Å²) in [5.74, 6) is 2.72. The molecule has 2 heteroatoms. The summed E-state index contributed by atoms with van der Waals surface area (Å²) < 4.78 is 5.03. The maximum Gasteiger partial charge on any atom is 0.0462 e. The van der Waals surface area contributed by atoms with Crippen LogP contribution in [0.3, 0.4) is 0 Å². The molecule has 2 nitrogen and oxygen atoms in total. The second-order valence-corrected chi connectivity index (χ2v) is 4.94. The molecule has 0 radical (unpaired) electrons. The zero-order chi connectivity index (χ0) is 10.5. The Hall–Kier alpha value is -0.340. The molecule has 0 aromatic rings. The molecule has 2 rings (SSSR count). The molecule has 0 aromatic carbocycles. The highest BCUT2D eigenvalue weighted by Crippen LogP contribution is 2.42. The Morgan fingerprint density at radius 3 is 2.87 bits per heavy atom. The van der Waals surface area contributed by atoms with Gasteiger partial charge in [0.15, 0.2) is 0 Å². The molecule has 0 aliphatic heterocycles. The second kappa shape index (κ2) is 5.66. The lowest BCUT2D eigenvalue weighted by atomic mass is 9.94. The number of hydrogen-bond acceptors (Lipinski definition) is 2. The summed E-state index contributed by atoms with van der Waals surface area (Å²) >= 11 is 0. The summed E-state index contributed by atoms with van der Waals surface area (Å²) in [6.45, 7) is 3.28. The van der Waals surface area contributed by atoms with Crippen LogP contribution in [0.4, 0.5) is 0 Å². The smallest absolute Gasteiger partial charge is 0.0462 e. The van der Waals surface area contributed by atoms with E-state index in [-0.39, 0.29) is 0 Å². The number of rotatable bonds is 7. The number of ether oxygens (including phenoxy) is 1. The lowest BCUT2D eigenvalue weighted by Crippen LogP contribution is -2.26. The van der Waals surface area contributed by atoms with Crippen LogP contribution in [0.1, 0.15) is 25.7 Å². The van der Waals surface area contributed by atoms with Crippen molar-refractivity contribution >= 4 is 0 Å². The van der Waals surface area contributed by atoms with Crippen LogP contribution in [0.25, 0.3) is 0 Å². The van der Waals surface area contributed by atoms with Crippen molar-refractivity contribution in [2.24, 2.45) is 17.8 Å². The van der Waals surface area contributed by atoms with Crippen molar-refractivity contribution in [2.45, 2.75) is 25.7 Å². The van der Waals surface area contributed by atoms with Crippen molar-refractivity contribution in [3.63, 3.8) is 0 Å². The fraction of sp³-hybridized carbons (Fsp3) is 0.846. The molecule has 2 aliphatic carbocycles. The number of nitrogens with one attached hydrogen (secondary N) is 1. The van der Waals surface area contributed by atoms with E-state index in [9.17, 15) is 0 Å². The zero-order valence-electron chi connectivity index (χ0n) is 9.74. The van der Waals surface area contributed by atoms with Gasteiger partial charge in [-0.25, -0.2) is 0 Å². The summed E-state index contributed by atoms with van der Waals surface area (Å²) in [4.78, 5) is 0. The van der Waals surface area contributed by atoms with Gasteiger partial charge < -0.3 is 10.1 Å². The Labute approximate surface area is 93.1 Å². The van der Waals surface area contributed by atoms with Gasteiger partial charge in [0.2, 0.25) is 0 Å². The number of unbranched alkanes of at least 4 members (excludes halogenated alkanes) is 1. The van der Waals surface area contributed by atoms with Crippen LogP contribution in [0.2, 0.25) is 0 Å². The topological polar surface area (TPSA) is 21.3 Å².